The molecule has 1 atom stereocenters. The molecule has 0 bridgehead atoms. The molecule has 0 aliphatic rings. The van der Waals surface area contributed by atoms with Crippen LogP contribution < -0.4 is 5.32 Å². The molecular weight excluding hydrogens is 393 g/mol. The van der Waals surface area contributed by atoms with Crippen LogP contribution in [0.5, 0.6) is 0 Å². The predicted octanol–water partition coefficient (Wildman–Crippen LogP) is 5.03. The van der Waals surface area contributed by atoms with Gasteiger partial charge in [-0.1, -0.05) is 30.3 Å². The number of hydrogen-bond donors (Lipinski definition) is 1. The van der Waals surface area contributed by atoms with Gasteiger partial charge in [-0.25, -0.2) is 0 Å². The van der Waals surface area contributed by atoms with Gasteiger partial charge < -0.3 is 5.32 Å². The molecule has 0 radical (unpaired) electrons. The fourth-order valence-electron chi connectivity index (χ4n) is 1.97. The van der Waals surface area contributed by atoms with Gasteiger partial charge in [0.05, 0.1) is 5.75 Å². The molecule has 0 fully saturated rings. The van der Waals surface area contributed by atoms with Crippen LogP contribution in [-0.2, 0) is 4.79 Å². The topological polar surface area (TPSA) is 29.1 Å². The van der Waals surface area contributed by atoms with Crippen LogP contribution >= 0.6 is 34.4 Å². The third kappa shape index (κ3) is 5.04. The van der Waals surface area contributed by atoms with Crippen molar-refractivity contribution in [2.45, 2.75) is 19.1 Å². The minimum atomic E-state index is 0.0482. The quantitative estimate of drug-likeness (QED) is 0.700. The highest BCUT2D eigenvalue weighted by atomic mass is 127. The number of carbonyl (C=O) groups excluding carboxylic acids is 1. The zero-order valence-corrected chi connectivity index (χ0v) is 15.1. The van der Waals surface area contributed by atoms with Crippen molar-refractivity contribution in [2.75, 3.05) is 11.1 Å². The third-order valence-corrected chi connectivity index (χ3v) is 5.07. The number of aryl methyl sites for hydroxylation is 1. The van der Waals surface area contributed by atoms with Crippen molar-refractivity contribution in [3.05, 3.63) is 63.2 Å². The van der Waals surface area contributed by atoms with E-state index in [9.17, 15) is 4.79 Å². The van der Waals surface area contributed by atoms with Crippen LogP contribution in [0.1, 0.15) is 23.3 Å². The SMILES string of the molecule is Cc1cc(I)ccc1NC(=O)CS[C@H](C)c1ccccc1. The van der Waals surface area contributed by atoms with Gasteiger partial charge in [0.2, 0.25) is 5.91 Å². The van der Waals surface area contributed by atoms with E-state index in [1.807, 2.05) is 37.3 Å². The van der Waals surface area contributed by atoms with Crippen LogP contribution in [0.15, 0.2) is 48.5 Å². The number of benzene rings is 2. The maximum atomic E-state index is 12.1. The summed E-state index contributed by atoms with van der Waals surface area (Å²) in [6.07, 6.45) is 0. The van der Waals surface area contributed by atoms with E-state index in [0.29, 0.717) is 11.0 Å². The fraction of sp³-hybridized carbons (Fsp3) is 0.235. The molecule has 1 N–H and O–H groups in total. The molecule has 0 aliphatic carbocycles. The molecule has 2 aromatic carbocycles. The summed E-state index contributed by atoms with van der Waals surface area (Å²) in [5, 5.41) is 3.30. The van der Waals surface area contributed by atoms with Gasteiger partial charge in [-0.2, -0.15) is 0 Å². The maximum absolute atomic E-state index is 12.1. The number of nitrogens with one attached hydrogen (secondary N) is 1. The first kappa shape index (κ1) is 16.4. The predicted molar refractivity (Wildman–Crippen MR) is 99.8 cm³/mol. The van der Waals surface area contributed by atoms with Crippen LogP contribution in [0.4, 0.5) is 5.69 Å². The van der Waals surface area contributed by atoms with Crippen molar-refractivity contribution in [2.24, 2.45) is 0 Å². The summed E-state index contributed by atoms with van der Waals surface area (Å²) < 4.78 is 1.18. The van der Waals surface area contributed by atoms with Crippen molar-refractivity contribution in [3.8, 4) is 0 Å². The Morgan fingerprint density at radius 2 is 1.95 bits per heavy atom. The molecule has 0 aliphatic heterocycles. The summed E-state index contributed by atoms with van der Waals surface area (Å²) in [5.41, 5.74) is 3.24. The summed E-state index contributed by atoms with van der Waals surface area (Å²) in [7, 11) is 0. The lowest BCUT2D eigenvalue weighted by atomic mass is 10.2. The first-order valence-corrected chi connectivity index (χ1v) is 8.91. The molecule has 1 amide bonds. The monoisotopic (exact) mass is 411 g/mol. The van der Waals surface area contributed by atoms with Gasteiger partial charge in [0.15, 0.2) is 0 Å². The number of hydrogen-bond acceptors (Lipinski definition) is 2. The van der Waals surface area contributed by atoms with Gasteiger partial charge in [0.25, 0.3) is 0 Å². The molecule has 0 unspecified atom stereocenters. The van der Waals surface area contributed by atoms with Crippen molar-refractivity contribution in [1.29, 1.82) is 0 Å². The Kier molecular flexibility index (Phi) is 6.11. The average molecular weight is 411 g/mol. The second-order valence-electron chi connectivity index (χ2n) is 4.87. The number of halogens is 1. The fourth-order valence-corrected chi connectivity index (χ4v) is 3.44. The third-order valence-electron chi connectivity index (χ3n) is 3.20. The lowest BCUT2D eigenvalue weighted by molar-refractivity contribution is -0.113. The molecule has 0 spiro atoms. The number of thioether (sulfide) groups is 1. The zero-order valence-electron chi connectivity index (χ0n) is 12.1. The Morgan fingerprint density at radius 3 is 2.62 bits per heavy atom. The van der Waals surface area contributed by atoms with Crippen molar-refractivity contribution in [3.63, 3.8) is 0 Å². The molecule has 0 heterocycles. The van der Waals surface area contributed by atoms with Crippen LogP contribution in [0.3, 0.4) is 0 Å². The molecular formula is C17H18INOS. The van der Waals surface area contributed by atoms with Crippen LogP contribution in [0.2, 0.25) is 0 Å². The molecule has 21 heavy (non-hydrogen) atoms. The lowest BCUT2D eigenvalue weighted by Gasteiger charge is -2.12. The molecule has 0 saturated carbocycles. The second-order valence-corrected chi connectivity index (χ2v) is 7.45. The van der Waals surface area contributed by atoms with E-state index in [1.165, 1.54) is 9.13 Å². The highest BCUT2D eigenvalue weighted by molar-refractivity contribution is 14.1. The second kappa shape index (κ2) is 7.84. The molecule has 2 rings (SSSR count). The van der Waals surface area contributed by atoms with Crippen molar-refractivity contribution < 1.29 is 4.79 Å². The average Bonchev–Trinajstić information content (AvgIpc) is 2.48. The number of amides is 1. The first-order valence-electron chi connectivity index (χ1n) is 6.79. The van der Waals surface area contributed by atoms with Gasteiger partial charge in [-0.05, 0) is 65.8 Å². The van der Waals surface area contributed by atoms with E-state index in [0.717, 1.165) is 11.3 Å². The molecule has 110 valence electrons. The summed E-state index contributed by atoms with van der Waals surface area (Å²) in [6.45, 7) is 4.14. The van der Waals surface area contributed by atoms with E-state index in [2.05, 4.69) is 53.0 Å². The van der Waals surface area contributed by atoms with Crippen molar-refractivity contribution >= 4 is 45.9 Å². The Labute approximate surface area is 143 Å². The van der Waals surface area contributed by atoms with Gasteiger partial charge in [0, 0.05) is 14.5 Å². The highest BCUT2D eigenvalue weighted by Gasteiger charge is 2.10. The van der Waals surface area contributed by atoms with Crippen LogP contribution in [0.25, 0.3) is 0 Å². The number of anilines is 1. The standard InChI is InChI=1S/C17H18INOS/c1-12-10-15(18)8-9-16(12)19-17(20)11-21-13(2)14-6-4-3-5-7-14/h3-10,13H,11H2,1-2H3,(H,19,20)/t13-/m1/s1. The number of rotatable bonds is 5. The molecule has 2 nitrogen and oxygen atoms in total. The Bertz CT molecular complexity index is 615. The summed E-state index contributed by atoms with van der Waals surface area (Å²) in [4.78, 5) is 12.1. The lowest BCUT2D eigenvalue weighted by Crippen LogP contribution is -2.15. The van der Waals surface area contributed by atoms with Crippen molar-refractivity contribution in [1.82, 2.24) is 0 Å². The summed E-state index contributed by atoms with van der Waals surface area (Å²) in [5.74, 6) is 0.508. The van der Waals surface area contributed by atoms with E-state index in [-0.39, 0.29) is 5.91 Å². The first-order chi connectivity index (χ1) is 10.1. The molecule has 4 heteroatoms. The maximum Gasteiger partial charge on any atom is 0.234 e. The zero-order chi connectivity index (χ0) is 15.2. The Hall–Kier alpha value is -1.01. The van der Waals surface area contributed by atoms with Crippen LogP contribution in [-0.4, -0.2) is 11.7 Å². The van der Waals surface area contributed by atoms with Gasteiger partial charge >= 0.3 is 0 Å². The minimum Gasteiger partial charge on any atom is -0.325 e. The van der Waals surface area contributed by atoms with E-state index in [4.69, 9.17) is 0 Å². The van der Waals surface area contributed by atoms with Gasteiger partial charge in [-0.15, -0.1) is 11.8 Å². The summed E-state index contributed by atoms with van der Waals surface area (Å²) >= 11 is 3.92. The van der Waals surface area contributed by atoms with E-state index >= 15 is 0 Å². The smallest absolute Gasteiger partial charge is 0.234 e. The number of carbonyl (C=O) groups is 1. The molecule has 0 aromatic heterocycles. The summed E-state index contributed by atoms with van der Waals surface area (Å²) in [6, 6.07) is 16.3. The Balaban J connectivity index is 1.87. The van der Waals surface area contributed by atoms with E-state index < -0.39 is 0 Å². The van der Waals surface area contributed by atoms with Gasteiger partial charge in [0.1, 0.15) is 0 Å². The Morgan fingerprint density at radius 1 is 1.24 bits per heavy atom. The van der Waals surface area contributed by atoms with Gasteiger partial charge in [-0.3, -0.25) is 4.79 Å². The normalized spacial score (nSPS) is 12.0. The minimum absolute atomic E-state index is 0.0482. The largest absolute Gasteiger partial charge is 0.325 e. The van der Waals surface area contributed by atoms with Crippen LogP contribution in [0, 0.1) is 10.5 Å². The molecule has 2 aromatic rings. The highest BCUT2D eigenvalue weighted by Crippen LogP contribution is 2.28. The van der Waals surface area contributed by atoms with E-state index in [1.54, 1.807) is 11.8 Å². The molecule has 0 saturated heterocycles.